The molecule has 2 saturated heterocycles. The summed E-state index contributed by atoms with van der Waals surface area (Å²) in [5.74, 6) is -0.434. The molecule has 4 rings (SSSR count). The maximum absolute atomic E-state index is 13.6. The molecule has 35 heavy (non-hydrogen) atoms. The Balaban J connectivity index is 1.50. The van der Waals surface area contributed by atoms with Crippen LogP contribution in [0.3, 0.4) is 0 Å². The summed E-state index contributed by atoms with van der Waals surface area (Å²) in [7, 11) is 0. The normalized spacial score (nSPS) is 19.5. The number of rotatable bonds is 5. The first-order chi connectivity index (χ1) is 16.5. The van der Waals surface area contributed by atoms with E-state index in [1.807, 2.05) is 0 Å². The average molecular weight is 531 g/mol. The van der Waals surface area contributed by atoms with E-state index in [1.54, 1.807) is 34.9 Å². The Morgan fingerprint density at radius 3 is 2.49 bits per heavy atom. The van der Waals surface area contributed by atoms with Gasteiger partial charge in [-0.05, 0) is 31.0 Å². The third-order valence-corrected chi connectivity index (χ3v) is 6.53. The van der Waals surface area contributed by atoms with E-state index in [1.165, 1.54) is 0 Å². The van der Waals surface area contributed by atoms with Gasteiger partial charge in [-0.3, -0.25) is 9.59 Å². The highest BCUT2D eigenvalue weighted by Crippen LogP contribution is 2.33. The quantitative estimate of drug-likeness (QED) is 0.609. The molecule has 0 unspecified atom stereocenters. The van der Waals surface area contributed by atoms with Crippen LogP contribution in [-0.2, 0) is 15.8 Å². The number of alkyl halides is 3. The summed E-state index contributed by atoms with van der Waals surface area (Å²) >= 11 is 12.2. The summed E-state index contributed by atoms with van der Waals surface area (Å²) in [6, 6.07) is 4.74. The van der Waals surface area contributed by atoms with Crippen molar-refractivity contribution >= 4 is 46.8 Å². The smallest absolute Gasteiger partial charge is 0.363 e. The Hall–Kier alpha value is -2.79. The zero-order valence-electron chi connectivity index (χ0n) is 18.7. The van der Waals surface area contributed by atoms with Gasteiger partial charge in [-0.15, -0.1) is 0 Å². The zero-order chi connectivity index (χ0) is 25.3. The Kier molecular flexibility index (Phi) is 7.27. The second kappa shape index (κ2) is 10.1. The highest BCUT2D eigenvalue weighted by atomic mass is 35.5. The van der Waals surface area contributed by atoms with E-state index in [-0.39, 0.29) is 49.8 Å². The molecule has 0 bridgehead atoms. The fourth-order valence-electron chi connectivity index (χ4n) is 4.09. The van der Waals surface area contributed by atoms with E-state index in [2.05, 4.69) is 20.6 Å². The van der Waals surface area contributed by atoms with Gasteiger partial charge in [0, 0.05) is 48.7 Å². The maximum atomic E-state index is 13.6. The van der Waals surface area contributed by atoms with Crippen molar-refractivity contribution in [2.45, 2.75) is 38.0 Å². The van der Waals surface area contributed by atoms with Gasteiger partial charge in [-0.25, -0.2) is 4.98 Å². The van der Waals surface area contributed by atoms with Gasteiger partial charge in [0.15, 0.2) is 5.69 Å². The number of benzene rings is 1. The van der Waals surface area contributed by atoms with Gasteiger partial charge in [0.05, 0.1) is 6.04 Å². The number of carbonyl (C=O) groups excluding carboxylic acids is 2. The number of hydrogen-bond donors (Lipinski definition) is 2. The average Bonchev–Trinajstić information content (AvgIpc) is 3.24. The van der Waals surface area contributed by atoms with Crippen molar-refractivity contribution in [3.05, 3.63) is 45.6 Å². The Morgan fingerprint density at radius 2 is 1.89 bits per heavy atom. The van der Waals surface area contributed by atoms with Crippen LogP contribution in [0.25, 0.3) is 0 Å². The summed E-state index contributed by atoms with van der Waals surface area (Å²) in [4.78, 5) is 35.3. The number of amides is 2. The van der Waals surface area contributed by atoms with E-state index < -0.39 is 24.0 Å². The van der Waals surface area contributed by atoms with Crippen LogP contribution < -0.4 is 15.5 Å². The second-order valence-corrected chi connectivity index (χ2v) is 9.28. The Morgan fingerprint density at radius 1 is 1.17 bits per heavy atom. The molecule has 0 radical (unpaired) electrons. The molecule has 1 aromatic heterocycles. The topological polar surface area (TPSA) is 90.5 Å². The molecule has 2 aromatic rings. The molecule has 2 fully saturated rings. The van der Waals surface area contributed by atoms with E-state index in [9.17, 15) is 22.8 Å². The van der Waals surface area contributed by atoms with Crippen LogP contribution in [0.15, 0.2) is 24.3 Å². The molecule has 0 spiro atoms. The molecule has 0 aliphatic carbocycles. The van der Waals surface area contributed by atoms with Crippen molar-refractivity contribution in [1.82, 2.24) is 20.2 Å². The predicted octanol–water partition coefficient (Wildman–Crippen LogP) is 3.90. The second-order valence-electron chi connectivity index (χ2n) is 8.44. The molecule has 3 heterocycles. The number of anilines is 2. The van der Waals surface area contributed by atoms with Crippen LogP contribution in [0.5, 0.6) is 0 Å². The van der Waals surface area contributed by atoms with Crippen LogP contribution in [0.2, 0.25) is 10.0 Å². The number of halogens is 5. The van der Waals surface area contributed by atoms with Crippen LogP contribution in [0.4, 0.5) is 24.9 Å². The number of carbonyl (C=O) groups is 2. The van der Waals surface area contributed by atoms with E-state index >= 15 is 0 Å². The molecular weight excluding hydrogens is 508 g/mol. The lowest BCUT2D eigenvalue weighted by Gasteiger charge is -2.36. The van der Waals surface area contributed by atoms with Gasteiger partial charge in [-0.2, -0.15) is 18.2 Å². The first kappa shape index (κ1) is 25.3. The highest BCUT2D eigenvalue weighted by Gasteiger charge is 2.36. The fraction of sp³-hybridized carbons (Fsp3) is 0.455. The third-order valence-electron chi connectivity index (χ3n) is 5.97. The van der Waals surface area contributed by atoms with Crippen LogP contribution in [0, 0.1) is 0 Å². The molecule has 188 valence electrons. The van der Waals surface area contributed by atoms with Crippen molar-refractivity contribution < 1.29 is 22.8 Å². The molecule has 2 N–H and O–H groups in total. The molecule has 1 aromatic carbocycles. The fourth-order valence-corrected chi connectivity index (χ4v) is 4.67. The van der Waals surface area contributed by atoms with E-state index in [0.717, 1.165) is 6.07 Å². The minimum Gasteiger partial charge on any atom is -0.363 e. The van der Waals surface area contributed by atoms with Crippen molar-refractivity contribution in [1.29, 1.82) is 0 Å². The Labute approximate surface area is 209 Å². The Bertz CT molecular complexity index is 1120. The summed E-state index contributed by atoms with van der Waals surface area (Å²) in [5, 5.41) is 6.44. The summed E-state index contributed by atoms with van der Waals surface area (Å²) in [5.41, 5.74) is -0.428. The maximum Gasteiger partial charge on any atom is 0.433 e. The lowest BCUT2D eigenvalue weighted by Crippen LogP contribution is -2.53. The zero-order valence-corrected chi connectivity index (χ0v) is 20.2. The SMILES string of the molecule is C[C@@H](Nc1cc(C(F)(F)F)nc(N2CCN(C(=O)[C@H]3CCC(=O)N3)CC2)n1)c1ccc(Cl)cc1Cl. The molecule has 2 aliphatic heterocycles. The van der Waals surface area contributed by atoms with Crippen LogP contribution >= 0.6 is 23.2 Å². The van der Waals surface area contributed by atoms with Crippen molar-refractivity contribution in [3.63, 3.8) is 0 Å². The predicted molar refractivity (Wildman–Crippen MR) is 125 cm³/mol. The molecule has 13 heteroatoms. The number of hydrogen-bond acceptors (Lipinski definition) is 6. The van der Waals surface area contributed by atoms with Gasteiger partial charge in [0.1, 0.15) is 11.9 Å². The van der Waals surface area contributed by atoms with E-state index in [4.69, 9.17) is 23.2 Å². The van der Waals surface area contributed by atoms with Crippen LogP contribution in [-0.4, -0.2) is 58.9 Å². The lowest BCUT2D eigenvalue weighted by molar-refractivity contribution is -0.141. The molecule has 2 amide bonds. The molecular formula is C22H23Cl2F3N6O2. The number of piperazine rings is 1. The molecule has 8 nitrogen and oxygen atoms in total. The lowest BCUT2D eigenvalue weighted by atomic mass is 10.1. The number of nitrogens with zero attached hydrogens (tertiary/aromatic N) is 4. The van der Waals surface area contributed by atoms with Crippen molar-refractivity contribution in [3.8, 4) is 0 Å². The van der Waals surface area contributed by atoms with Crippen molar-refractivity contribution in [2.24, 2.45) is 0 Å². The molecule has 2 aliphatic rings. The molecule has 2 atom stereocenters. The molecule has 0 saturated carbocycles. The summed E-state index contributed by atoms with van der Waals surface area (Å²) in [6.45, 7) is 2.82. The van der Waals surface area contributed by atoms with Gasteiger partial charge in [0.2, 0.25) is 17.8 Å². The number of nitrogens with one attached hydrogen (secondary N) is 2. The monoisotopic (exact) mass is 530 g/mol. The first-order valence-electron chi connectivity index (χ1n) is 11.0. The van der Waals surface area contributed by atoms with E-state index in [0.29, 0.717) is 28.5 Å². The summed E-state index contributed by atoms with van der Waals surface area (Å²) < 4.78 is 40.8. The van der Waals surface area contributed by atoms with Gasteiger partial charge >= 0.3 is 6.18 Å². The van der Waals surface area contributed by atoms with Crippen LogP contribution in [0.1, 0.15) is 37.1 Å². The standard InChI is InChI=1S/C22H23Cl2F3N6O2/c1-12(14-3-2-13(23)10-15(14)24)28-18-11-17(22(25,26)27)30-21(31-18)33-8-6-32(7-9-33)20(35)16-4-5-19(34)29-16/h2-3,10-12,16H,4-9H2,1H3,(H,29,34)(H,28,30,31)/t12-,16-/m1/s1. The van der Waals surface area contributed by atoms with Crippen molar-refractivity contribution in [2.75, 3.05) is 36.4 Å². The highest BCUT2D eigenvalue weighted by molar-refractivity contribution is 6.35. The largest absolute Gasteiger partial charge is 0.433 e. The number of aromatic nitrogens is 2. The van der Waals surface area contributed by atoms with Gasteiger partial charge < -0.3 is 20.4 Å². The first-order valence-corrected chi connectivity index (χ1v) is 11.8. The summed E-state index contributed by atoms with van der Waals surface area (Å²) in [6.07, 6.45) is -3.92. The minimum atomic E-state index is -4.67. The third kappa shape index (κ3) is 5.90. The van der Waals surface area contributed by atoms with Gasteiger partial charge in [-0.1, -0.05) is 29.3 Å². The van der Waals surface area contributed by atoms with Gasteiger partial charge in [0.25, 0.3) is 0 Å². The minimum absolute atomic E-state index is 0.00647.